The molecule has 2 N–H and O–H groups in total. The van der Waals surface area contributed by atoms with Crippen LogP contribution in [-0.4, -0.2) is 47.9 Å². The first-order valence-electron chi connectivity index (χ1n) is 10.6. The van der Waals surface area contributed by atoms with E-state index < -0.39 is 11.5 Å². The molecule has 1 saturated heterocycles. The van der Waals surface area contributed by atoms with Gasteiger partial charge in [0.25, 0.3) is 0 Å². The predicted octanol–water partition coefficient (Wildman–Crippen LogP) is 3.33. The summed E-state index contributed by atoms with van der Waals surface area (Å²) in [5.74, 6) is 0.613. The number of fused-ring (bicyclic) bond motifs is 3. The van der Waals surface area contributed by atoms with E-state index in [1.165, 1.54) is 6.92 Å². The first-order chi connectivity index (χ1) is 15.3. The van der Waals surface area contributed by atoms with Crippen molar-refractivity contribution >= 4 is 22.6 Å². The van der Waals surface area contributed by atoms with Crippen LogP contribution in [-0.2, 0) is 10.2 Å². The number of nitrogens with one attached hydrogen (secondary N) is 1. The first-order valence-corrected chi connectivity index (χ1v) is 10.6. The molecule has 0 saturated carbocycles. The Bertz CT molecular complexity index is 1380. The zero-order valence-corrected chi connectivity index (χ0v) is 18.2. The van der Waals surface area contributed by atoms with Gasteiger partial charge in [-0.25, -0.2) is 9.97 Å². The van der Waals surface area contributed by atoms with E-state index in [1.807, 2.05) is 54.8 Å². The van der Waals surface area contributed by atoms with Gasteiger partial charge in [0.2, 0.25) is 5.91 Å². The highest BCUT2D eigenvalue weighted by atomic mass is 16.3. The molecule has 1 aromatic carbocycles. The van der Waals surface area contributed by atoms with Gasteiger partial charge in [-0.1, -0.05) is 24.3 Å². The lowest BCUT2D eigenvalue weighted by Crippen LogP contribution is -2.30. The third-order valence-corrected chi connectivity index (χ3v) is 6.34. The lowest BCUT2D eigenvalue weighted by atomic mass is 9.86. The number of hydrogen-bond donors (Lipinski definition) is 2. The van der Waals surface area contributed by atoms with Crippen LogP contribution in [0.3, 0.4) is 0 Å². The van der Waals surface area contributed by atoms with Crippen molar-refractivity contribution in [1.29, 1.82) is 5.26 Å². The van der Waals surface area contributed by atoms with E-state index in [2.05, 4.69) is 16.0 Å². The normalized spacial score (nSPS) is 19.0. The van der Waals surface area contributed by atoms with Gasteiger partial charge in [-0.05, 0) is 25.5 Å². The van der Waals surface area contributed by atoms with Gasteiger partial charge in [0.05, 0.1) is 46.6 Å². The number of likely N-dealkylation sites (tertiary alicyclic amines) is 1. The monoisotopic (exact) mass is 428 g/mol. The number of nitriles is 1. The van der Waals surface area contributed by atoms with Crippen molar-refractivity contribution in [3.63, 3.8) is 0 Å². The Kier molecular flexibility index (Phi) is 4.53. The second-order valence-corrected chi connectivity index (χ2v) is 8.90. The third-order valence-electron chi connectivity index (χ3n) is 6.34. The molecule has 1 aliphatic heterocycles. The van der Waals surface area contributed by atoms with Crippen molar-refractivity contribution in [2.45, 2.75) is 44.8 Å². The summed E-state index contributed by atoms with van der Waals surface area (Å²) in [6, 6.07) is 11.8. The Labute approximate surface area is 185 Å². The van der Waals surface area contributed by atoms with Gasteiger partial charge < -0.3 is 15.0 Å². The molecule has 5 rings (SSSR count). The minimum Gasteiger partial charge on any atom is -0.391 e. The van der Waals surface area contributed by atoms with E-state index in [9.17, 15) is 15.2 Å². The Hall–Kier alpha value is -3.70. The minimum atomic E-state index is -0.587. The molecule has 0 aliphatic carbocycles. The van der Waals surface area contributed by atoms with Crippen LogP contribution in [0.25, 0.3) is 27.9 Å². The topological polar surface area (TPSA) is 110 Å². The molecular formula is C24H24N6O2. The van der Waals surface area contributed by atoms with Crippen LogP contribution < -0.4 is 0 Å². The van der Waals surface area contributed by atoms with Crippen molar-refractivity contribution in [2.24, 2.45) is 0 Å². The fourth-order valence-corrected chi connectivity index (χ4v) is 4.54. The summed E-state index contributed by atoms with van der Waals surface area (Å²) in [5, 5.41) is 19.7. The maximum atomic E-state index is 12.3. The fourth-order valence-electron chi connectivity index (χ4n) is 4.54. The maximum absolute atomic E-state index is 12.3. The lowest BCUT2D eigenvalue weighted by molar-refractivity contribution is -0.130. The average molecular weight is 428 g/mol. The van der Waals surface area contributed by atoms with Crippen molar-refractivity contribution in [3.8, 4) is 17.3 Å². The Morgan fingerprint density at radius 1 is 1.25 bits per heavy atom. The lowest BCUT2D eigenvalue weighted by Gasteiger charge is -2.22. The van der Waals surface area contributed by atoms with E-state index in [1.54, 1.807) is 11.1 Å². The zero-order chi connectivity index (χ0) is 22.6. The highest BCUT2D eigenvalue weighted by Crippen LogP contribution is 2.37. The van der Waals surface area contributed by atoms with Crippen LogP contribution >= 0.6 is 0 Å². The Morgan fingerprint density at radius 2 is 2.00 bits per heavy atom. The van der Waals surface area contributed by atoms with Crippen LogP contribution in [0.2, 0.25) is 0 Å². The zero-order valence-electron chi connectivity index (χ0n) is 18.2. The van der Waals surface area contributed by atoms with E-state index in [0.29, 0.717) is 18.8 Å². The van der Waals surface area contributed by atoms with Gasteiger partial charge in [-0.3, -0.25) is 9.20 Å². The van der Waals surface area contributed by atoms with Gasteiger partial charge >= 0.3 is 0 Å². The molecule has 0 unspecified atom stereocenters. The number of rotatable bonds is 3. The van der Waals surface area contributed by atoms with Gasteiger partial charge in [0.15, 0.2) is 5.65 Å². The second-order valence-electron chi connectivity index (χ2n) is 8.90. The van der Waals surface area contributed by atoms with Gasteiger partial charge in [0, 0.05) is 31.6 Å². The molecule has 8 heteroatoms. The summed E-state index contributed by atoms with van der Waals surface area (Å²) in [6.07, 6.45) is 3.45. The van der Waals surface area contributed by atoms with E-state index in [0.717, 1.165) is 33.5 Å². The second kappa shape index (κ2) is 7.18. The summed E-state index contributed by atoms with van der Waals surface area (Å²) < 4.78 is 2.03. The summed E-state index contributed by atoms with van der Waals surface area (Å²) in [4.78, 5) is 26.6. The van der Waals surface area contributed by atoms with Crippen LogP contribution in [0.15, 0.2) is 42.7 Å². The summed E-state index contributed by atoms with van der Waals surface area (Å²) in [6.45, 7) is 5.59. The van der Waals surface area contributed by atoms with Crippen molar-refractivity contribution in [2.75, 3.05) is 6.54 Å². The highest BCUT2D eigenvalue weighted by Gasteiger charge is 2.37. The number of amides is 1. The number of carbonyl (C=O) groups excluding carboxylic acids is 1. The van der Waals surface area contributed by atoms with E-state index >= 15 is 0 Å². The molecule has 3 aromatic heterocycles. The molecule has 0 spiro atoms. The maximum Gasteiger partial charge on any atom is 0.220 e. The predicted molar refractivity (Wildman–Crippen MR) is 120 cm³/mol. The molecule has 8 nitrogen and oxygen atoms in total. The molecule has 1 amide bonds. The molecule has 4 aromatic rings. The first kappa shape index (κ1) is 20.2. The number of benzene rings is 1. The molecule has 2 atom stereocenters. The molecular weight excluding hydrogens is 404 g/mol. The van der Waals surface area contributed by atoms with Crippen molar-refractivity contribution in [3.05, 3.63) is 54.1 Å². The molecule has 0 bridgehead atoms. The largest absolute Gasteiger partial charge is 0.391 e. The number of carbonyl (C=O) groups is 1. The quantitative estimate of drug-likeness (QED) is 0.520. The van der Waals surface area contributed by atoms with Gasteiger partial charge in [-0.2, -0.15) is 5.26 Å². The van der Waals surface area contributed by atoms with Crippen LogP contribution in [0.5, 0.6) is 0 Å². The van der Waals surface area contributed by atoms with Gasteiger partial charge in [0.1, 0.15) is 5.82 Å². The number of nitrogens with zero attached hydrogens (tertiary/aromatic N) is 5. The molecule has 32 heavy (non-hydrogen) atoms. The number of aromatic amines is 1. The molecule has 162 valence electrons. The third kappa shape index (κ3) is 3.05. The summed E-state index contributed by atoms with van der Waals surface area (Å²) >= 11 is 0. The SMILES string of the molecule is CC(=O)N1C[C@H](O)C[C@@H]1c1nc(-c2ccc(C(C)(C)C#N)cc2)c2cnc3[nH]ccc3n12. The Morgan fingerprint density at radius 3 is 2.69 bits per heavy atom. The van der Waals surface area contributed by atoms with Crippen LogP contribution in [0, 0.1) is 11.3 Å². The number of H-pyrrole nitrogens is 1. The Balaban J connectivity index is 1.72. The van der Waals surface area contributed by atoms with Crippen molar-refractivity contribution < 1.29 is 9.90 Å². The molecule has 1 fully saturated rings. The van der Waals surface area contributed by atoms with E-state index in [-0.39, 0.29) is 11.9 Å². The number of aromatic nitrogens is 4. The highest BCUT2D eigenvalue weighted by molar-refractivity contribution is 5.84. The number of aliphatic hydroxyl groups excluding tert-OH is 1. The molecule has 1 aliphatic rings. The standard InChI is InChI=1S/C24H24N6O2/c1-14(31)29-12-17(32)10-19(29)23-28-21(15-4-6-16(7-5-15)24(2,3)13-25)20-11-27-22-18(30(20)23)8-9-26-22/h4-9,11,17,19,26,32H,10,12H2,1-3H3/t17-,19-/m1/s1. The number of hydrogen-bond acceptors (Lipinski definition) is 5. The minimum absolute atomic E-state index is 0.0905. The number of aliphatic hydroxyl groups is 1. The number of imidazole rings is 1. The fraction of sp³-hybridized carbons (Fsp3) is 0.333. The molecule has 4 heterocycles. The summed E-state index contributed by atoms with van der Waals surface area (Å²) in [7, 11) is 0. The summed E-state index contributed by atoms with van der Waals surface area (Å²) in [5.41, 5.74) is 4.41. The van der Waals surface area contributed by atoms with Crippen molar-refractivity contribution in [1.82, 2.24) is 24.3 Å². The van der Waals surface area contributed by atoms with E-state index in [4.69, 9.17) is 4.98 Å². The number of β-amino-alcohol motifs (C(OH)–C–C–N with tert-alkyl or cyclic N) is 1. The van der Waals surface area contributed by atoms with Gasteiger partial charge in [-0.15, -0.1) is 0 Å². The van der Waals surface area contributed by atoms with Crippen LogP contribution in [0.4, 0.5) is 0 Å². The molecule has 0 radical (unpaired) electrons. The van der Waals surface area contributed by atoms with Crippen LogP contribution in [0.1, 0.15) is 44.6 Å². The smallest absolute Gasteiger partial charge is 0.220 e. The average Bonchev–Trinajstić information content (AvgIpc) is 3.49.